The van der Waals surface area contributed by atoms with Gasteiger partial charge in [0.25, 0.3) is 0 Å². The van der Waals surface area contributed by atoms with Crippen LogP contribution in [0.1, 0.15) is 19.3 Å². The number of hydrogen-bond donors (Lipinski definition) is 0. The second-order valence-electron chi connectivity index (χ2n) is 6.57. The Labute approximate surface area is 152 Å². The van der Waals surface area contributed by atoms with E-state index < -0.39 is 10.0 Å². The second-order valence-corrected chi connectivity index (χ2v) is 8.83. The number of nitrogens with zero attached hydrogens (tertiary/aromatic N) is 2. The molecule has 1 saturated heterocycles. The molecule has 1 aliphatic carbocycles. The zero-order chi connectivity index (χ0) is 17.6. The van der Waals surface area contributed by atoms with Gasteiger partial charge in [-0.2, -0.15) is 4.31 Å². The minimum atomic E-state index is -3.53. The Hall–Kier alpha value is -1.63. The molecule has 2 atom stereocenters. The van der Waals surface area contributed by atoms with E-state index in [1.807, 2.05) is 6.07 Å². The minimum Gasteiger partial charge on any atom is -0.481 e. The summed E-state index contributed by atoms with van der Waals surface area (Å²) in [6.45, 7) is 0.618. The number of pyridine rings is 1. The summed E-state index contributed by atoms with van der Waals surface area (Å²) in [6, 6.07) is 8.85. The molecule has 2 aliphatic rings. The number of methoxy groups -OCH3 is 1. The van der Waals surface area contributed by atoms with Crippen LogP contribution in [0.2, 0.25) is 5.02 Å². The molecule has 1 aliphatic heterocycles. The standard InChI is InChI=1S/C18H19ClN2O3S/c1-24-18-10-13(7-8-20-18)12-5-6-17(15(19)9-12)25(22,23)21-11-14-3-2-4-16(14)21/h5-10,14,16H,2-4,11H2,1H3/t14-,16-/m0/s1. The van der Waals surface area contributed by atoms with Crippen molar-refractivity contribution in [2.24, 2.45) is 5.92 Å². The highest BCUT2D eigenvalue weighted by Gasteiger charge is 2.48. The zero-order valence-corrected chi connectivity index (χ0v) is 15.4. The summed E-state index contributed by atoms with van der Waals surface area (Å²) in [6.07, 6.45) is 4.84. The third kappa shape index (κ3) is 2.82. The maximum absolute atomic E-state index is 12.9. The summed E-state index contributed by atoms with van der Waals surface area (Å²) in [7, 11) is -1.98. The van der Waals surface area contributed by atoms with Crippen LogP contribution in [0.25, 0.3) is 11.1 Å². The van der Waals surface area contributed by atoms with Crippen LogP contribution in [0.4, 0.5) is 0 Å². The fourth-order valence-electron chi connectivity index (χ4n) is 3.83. The summed E-state index contributed by atoms with van der Waals surface area (Å²) in [4.78, 5) is 4.26. The van der Waals surface area contributed by atoms with E-state index in [0.717, 1.165) is 30.4 Å². The van der Waals surface area contributed by atoms with Gasteiger partial charge in [0.2, 0.25) is 15.9 Å². The lowest BCUT2D eigenvalue weighted by atomic mass is 9.96. The molecule has 0 bridgehead atoms. The largest absolute Gasteiger partial charge is 0.481 e. The van der Waals surface area contributed by atoms with Crippen LogP contribution in [-0.2, 0) is 10.0 Å². The van der Waals surface area contributed by atoms with Crippen molar-refractivity contribution in [3.63, 3.8) is 0 Å². The van der Waals surface area contributed by atoms with Crippen molar-refractivity contribution in [1.82, 2.24) is 9.29 Å². The average Bonchev–Trinajstić information content (AvgIpc) is 2.94. The fourth-order valence-corrected chi connectivity index (χ4v) is 6.12. The smallest absolute Gasteiger partial charge is 0.244 e. The van der Waals surface area contributed by atoms with Crippen molar-refractivity contribution in [2.75, 3.05) is 13.7 Å². The van der Waals surface area contributed by atoms with Crippen LogP contribution in [0.15, 0.2) is 41.4 Å². The van der Waals surface area contributed by atoms with Gasteiger partial charge >= 0.3 is 0 Å². The molecule has 0 amide bonds. The lowest BCUT2D eigenvalue weighted by Crippen LogP contribution is -2.55. The van der Waals surface area contributed by atoms with Gasteiger partial charge in [-0.3, -0.25) is 0 Å². The highest BCUT2D eigenvalue weighted by atomic mass is 35.5. The van der Waals surface area contributed by atoms with Crippen LogP contribution < -0.4 is 4.74 Å². The monoisotopic (exact) mass is 378 g/mol. The first kappa shape index (κ1) is 16.8. The van der Waals surface area contributed by atoms with Gasteiger partial charge in [-0.25, -0.2) is 13.4 Å². The number of sulfonamides is 1. The molecule has 1 saturated carbocycles. The van der Waals surface area contributed by atoms with Crippen LogP contribution in [0, 0.1) is 5.92 Å². The first-order valence-corrected chi connectivity index (χ1v) is 10.1. The third-order valence-corrected chi connectivity index (χ3v) is 7.57. The molecule has 0 N–H and O–H groups in total. The lowest BCUT2D eigenvalue weighted by molar-refractivity contribution is 0.131. The molecule has 132 valence electrons. The molecule has 4 rings (SSSR count). The van der Waals surface area contributed by atoms with E-state index in [1.54, 1.807) is 41.9 Å². The molecule has 0 spiro atoms. The Morgan fingerprint density at radius 3 is 2.72 bits per heavy atom. The second kappa shape index (κ2) is 6.27. The highest BCUT2D eigenvalue weighted by molar-refractivity contribution is 7.89. The molecular formula is C18H19ClN2O3S. The Bertz CT molecular complexity index is 916. The van der Waals surface area contributed by atoms with Gasteiger partial charge in [0.05, 0.1) is 12.1 Å². The SMILES string of the molecule is COc1cc(-c2ccc(S(=O)(=O)N3C[C@@H]4CCC[C@@H]43)c(Cl)c2)ccn1. The van der Waals surface area contributed by atoms with E-state index in [-0.39, 0.29) is 16.0 Å². The van der Waals surface area contributed by atoms with Crippen molar-refractivity contribution in [3.8, 4) is 17.0 Å². The molecule has 2 heterocycles. The van der Waals surface area contributed by atoms with E-state index in [0.29, 0.717) is 18.3 Å². The van der Waals surface area contributed by atoms with E-state index >= 15 is 0 Å². The predicted octanol–water partition coefficient (Wildman–Crippen LogP) is 3.58. The molecule has 0 radical (unpaired) electrons. The Morgan fingerprint density at radius 2 is 2.00 bits per heavy atom. The van der Waals surface area contributed by atoms with Crippen LogP contribution in [-0.4, -0.2) is 37.4 Å². The van der Waals surface area contributed by atoms with E-state index in [2.05, 4.69) is 4.98 Å². The predicted molar refractivity (Wildman–Crippen MR) is 96.3 cm³/mol. The van der Waals surface area contributed by atoms with Gasteiger partial charge in [0.15, 0.2) is 0 Å². The molecule has 7 heteroatoms. The average molecular weight is 379 g/mol. The molecule has 5 nitrogen and oxygen atoms in total. The summed E-state index contributed by atoms with van der Waals surface area (Å²) >= 11 is 6.35. The van der Waals surface area contributed by atoms with Gasteiger partial charge in [-0.15, -0.1) is 0 Å². The number of fused-ring (bicyclic) bond motifs is 1. The Morgan fingerprint density at radius 1 is 1.20 bits per heavy atom. The third-order valence-electron chi connectivity index (χ3n) is 5.20. The lowest BCUT2D eigenvalue weighted by Gasteiger charge is -2.43. The number of halogens is 1. The van der Waals surface area contributed by atoms with Crippen molar-refractivity contribution in [3.05, 3.63) is 41.6 Å². The minimum absolute atomic E-state index is 0.158. The van der Waals surface area contributed by atoms with Crippen molar-refractivity contribution in [1.29, 1.82) is 0 Å². The van der Waals surface area contributed by atoms with Gasteiger partial charge in [-0.1, -0.05) is 24.1 Å². The number of hydrogen-bond acceptors (Lipinski definition) is 4. The fraction of sp³-hybridized carbons (Fsp3) is 0.389. The van der Waals surface area contributed by atoms with E-state index in [4.69, 9.17) is 16.3 Å². The number of rotatable bonds is 4. The molecular weight excluding hydrogens is 360 g/mol. The van der Waals surface area contributed by atoms with E-state index in [9.17, 15) is 8.42 Å². The Kier molecular flexibility index (Phi) is 4.22. The van der Waals surface area contributed by atoms with Crippen LogP contribution in [0.5, 0.6) is 5.88 Å². The first-order chi connectivity index (χ1) is 12.0. The zero-order valence-electron chi connectivity index (χ0n) is 13.9. The van der Waals surface area contributed by atoms with Crippen molar-refractivity contribution >= 4 is 21.6 Å². The topological polar surface area (TPSA) is 59.5 Å². The number of ether oxygens (including phenoxy) is 1. The molecule has 2 fully saturated rings. The van der Waals surface area contributed by atoms with Gasteiger partial charge in [0.1, 0.15) is 4.90 Å². The van der Waals surface area contributed by atoms with Crippen molar-refractivity contribution < 1.29 is 13.2 Å². The summed E-state index contributed by atoms with van der Waals surface area (Å²) in [5, 5.41) is 0.245. The van der Waals surface area contributed by atoms with Crippen LogP contribution in [0.3, 0.4) is 0 Å². The first-order valence-electron chi connectivity index (χ1n) is 8.32. The summed E-state index contributed by atoms with van der Waals surface area (Å²) < 4.78 is 32.6. The van der Waals surface area contributed by atoms with Gasteiger partial charge < -0.3 is 4.74 Å². The maximum atomic E-state index is 12.9. The molecule has 1 aromatic heterocycles. The summed E-state index contributed by atoms with van der Waals surface area (Å²) in [5.74, 6) is 1.02. The highest BCUT2D eigenvalue weighted by Crippen LogP contribution is 2.43. The summed E-state index contributed by atoms with van der Waals surface area (Å²) in [5.41, 5.74) is 1.70. The molecule has 2 aromatic rings. The van der Waals surface area contributed by atoms with Gasteiger partial charge in [0, 0.05) is 24.8 Å². The molecule has 0 unspecified atom stereocenters. The molecule has 25 heavy (non-hydrogen) atoms. The Balaban J connectivity index is 1.66. The quantitative estimate of drug-likeness (QED) is 0.815. The number of benzene rings is 1. The normalized spacial score (nSPS) is 23.1. The number of aromatic nitrogens is 1. The van der Waals surface area contributed by atoms with E-state index in [1.165, 1.54) is 0 Å². The maximum Gasteiger partial charge on any atom is 0.244 e. The molecule has 1 aromatic carbocycles. The van der Waals surface area contributed by atoms with Gasteiger partial charge in [-0.05, 0) is 48.1 Å². The van der Waals surface area contributed by atoms with Crippen LogP contribution >= 0.6 is 11.6 Å². The van der Waals surface area contributed by atoms with Crippen molar-refractivity contribution in [2.45, 2.75) is 30.2 Å².